The van der Waals surface area contributed by atoms with Crippen LogP contribution in [-0.2, 0) is 0 Å². The van der Waals surface area contributed by atoms with Crippen molar-refractivity contribution in [2.24, 2.45) is 0 Å². The molecule has 0 aliphatic heterocycles. The van der Waals surface area contributed by atoms with E-state index in [-0.39, 0.29) is 11.9 Å². The highest BCUT2D eigenvalue weighted by atomic mass is 79.9. The van der Waals surface area contributed by atoms with Crippen LogP contribution < -0.4 is 10.6 Å². The molecule has 0 atom stereocenters. The Morgan fingerprint density at radius 1 is 1.33 bits per heavy atom. The van der Waals surface area contributed by atoms with Crippen LogP contribution in [0.4, 0.5) is 11.8 Å². The monoisotopic (exact) mass is 308 g/mol. The number of anilines is 2. The summed E-state index contributed by atoms with van der Waals surface area (Å²) in [5, 5.41) is 12.7. The second kappa shape index (κ2) is 5.50. The van der Waals surface area contributed by atoms with Crippen LogP contribution in [0.3, 0.4) is 0 Å². The summed E-state index contributed by atoms with van der Waals surface area (Å²) in [6.45, 7) is 0. The molecular weight excluding hydrogens is 300 g/mol. The Morgan fingerprint density at radius 2 is 2.17 bits per heavy atom. The predicted octanol–water partition coefficient (Wildman–Crippen LogP) is 1.32. The van der Waals surface area contributed by atoms with Gasteiger partial charge in [0.1, 0.15) is 5.82 Å². The molecule has 0 aliphatic rings. The van der Waals surface area contributed by atoms with Gasteiger partial charge in [-0.2, -0.15) is 5.10 Å². The molecule has 2 aromatic rings. The molecule has 2 aromatic heterocycles. The molecule has 0 saturated carbocycles. The molecule has 92 valence electrons. The van der Waals surface area contributed by atoms with Gasteiger partial charge in [0.05, 0.1) is 18.0 Å². The largest absolute Gasteiger partial charge is 0.372 e. The van der Waals surface area contributed by atoms with Gasteiger partial charge in [-0.3, -0.25) is 10.1 Å². The van der Waals surface area contributed by atoms with Crippen molar-refractivity contribution in [1.82, 2.24) is 20.2 Å². The lowest BCUT2D eigenvalue weighted by Crippen LogP contribution is -2.16. The van der Waals surface area contributed by atoms with Crippen molar-refractivity contribution < 1.29 is 4.79 Å². The molecule has 0 bridgehead atoms. The Morgan fingerprint density at radius 3 is 2.83 bits per heavy atom. The summed E-state index contributed by atoms with van der Waals surface area (Å²) in [7, 11) is 1.69. The number of carbonyl (C=O) groups is 1. The van der Waals surface area contributed by atoms with E-state index in [4.69, 9.17) is 0 Å². The highest BCUT2D eigenvalue weighted by Gasteiger charge is 2.13. The van der Waals surface area contributed by atoms with Gasteiger partial charge in [0.15, 0.2) is 0 Å². The highest BCUT2D eigenvalue weighted by Crippen LogP contribution is 2.18. The summed E-state index contributed by atoms with van der Waals surface area (Å²) in [6, 6.07) is 1.66. The van der Waals surface area contributed by atoms with Gasteiger partial charge in [-0.25, -0.2) is 9.97 Å². The molecule has 8 heteroatoms. The van der Waals surface area contributed by atoms with Crippen LogP contribution in [0, 0.1) is 0 Å². The number of nitrogens with one attached hydrogen (secondary N) is 2. The average Bonchev–Trinajstić information content (AvgIpc) is 2.40. The molecule has 2 rings (SSSR count). The maximum atomic E-state index is 12.0. The summed E-state index contributed by atoms with van der Waals surface area (Å²) >= 11 is 3.27. The van der Waals surface area contributed by atoms with E-state index >= 15 is 0 Å². The Kier molecular flexibility index (Phi) is 3.78. The topological polar surface area (TPSA) is 92.7 Å². The van der Waals surface area contributed by atoms with Gasteiger partial charge in [0.2, 0.25) is 5.95 Å². The van der Waals surface area contributed by atoms with Crippen LogP contribution in [0.25, 0.3) is 0 Å². The van der Waals surface area contributed by atoms with Gasteiger partial charge in [-0.05, 0) is 22.0 Å². The van der Waals surface area contributed by atoms with Crippen molar-refractivity contribution in [2.75, 3.05) is 17.7 Å². The third-order valence-electron chi connectivity index (χ3n) is 2.04. The van der Waals surface area contributed by atoms with E-state index in [0.717, 1.165) is 0 Å². The van der Waals surface area contributed by atoms with Gasteiger partial charge in [-0.15, -0.1) is 5.10 Å². The Hall–Kier alpha value is -2.09. The first-order valence-corrected chi connectivity index (χ1v) is 5.78. The van der Waals surface area contributed by atoms with Crippen LogP contribution in [0.2, 0.25) is 0 Å². The number of pyridine rings is 1. The van der Waals surface area contributed by atoms with E-state index in [1.807, 2.05) is 0 Å². The van der Waals surface area contributed by atoms with Gasteiger partial charge in [0.25, 0.3) is 5.91 Å². The Bertz CT molecular complexity index is 562. The minimum atomic E-state index is -0.360. The van der Waals surface area contributed by atoms with Crippen molar-refractivity contribution in [1.29, 1.82) is 0 Å². The van der Waals surface area contributed by atoms with Gasteiger partial charge < -0.3 is 5.32 Å². The van der Waals surface area contributed by atoms with Crippen molar-refractivity contribution >= 4 is 33.6 Å². The summed E-state index contributed by atoms with van der Waals surface area (Å²) < 4.78 is 0.707. The van der Waals surface area contributed by atoms with E-state index < -0.39 is 0 Å². The number of hydrogen-bond donors (Lipinski definition) is 2. The first-order chi connectivity index (χ1) is 8.70. The zero-order valence-corrected chi connectivity index (χ0v) is 11.0. The lowest BCUT2D eigenvalue weighted by Gasteiger charge is -2.07. The number of amides is 1. The Labute approximate surface area is 111 Å². The molecule has 0 aromatic carbocycles. The van der Waals surface area contributed by atoms with Gasteiger partial charge in [0, 0.05) is 17.7 Å². The minimum absolute atomic E-state index is 0.143. The van der Waals surface area contributed by atoms with E-state index in [0.29, 0.717) is 15.9 Å². The first-order valence-electron chi connectivity index (χ1n) is 4.99. The first kappa shape index (κ1) is 12.4. The van der Waals surface area contributed by atoms with Crippen LogP contribution >= 0.6 is 15.9 Å². The fourth-order valence-electron chi connectivity index (χ4n) is 1.29. The number of rotatable bonds is 3. The SMILES string of the molecule is CNc1ncc(Br)cc1C(=O)Nc1nccnn1. The minimum Gasteiger partial charge on any atom is -0.372 e. The van der Waals surface area contributed by atoms with E-state index in [1.165, 1.54) is 12.4 Å². The van der Waals surface area contributed by atoms with E-state index in [9.17, 15) is 4.79 Å². The Balaban J connectivity index is 2.26. The summed E-state index contributed by atoms with van der Waals surface area (Å²) in [5.41, 5.74) is 0.388. The molecule has 0 saturated heterocycles. The fourth-order valence-corrected chi connectivity index (χ4v) is 1.62. The van der Waals surface area contributed by atoms with Crippen molar-refractivity contribution in [2.45, 2.75) is 0 Å². The molecule has 0 unspecified atom stereocenters. The molecule has 18 heavy (non-hydrogen) atoms. The fraction of sp³-hybridized carbons (Fsp3) is 0.100. The highest BCUT2D eigenvalue weighted by molar-refractivity contribution is 9.10. The number of nitrogens with zero attached hydrogens (tertiary/aromatic N) is 4. The van der Waals surface area contributed by atoms with Crippen LogP contribution in [0.1, 0.15) is 10.4 Å². The standard InChI is InChI=1S/C10H9BrN6O/c1-12-8-7(4-6(11)5-14-8)9(18)16-10-13-2-3-15-17-10/h2-5H,1H3,(H,12,14)(H,13,16,17,18). The summed E-state index contributed by atoms with van der Waals surface area (Å²) in [6.07, 6.45) is 4.47. The third-order valence-corrected chi connectivity index (χ3v) is 2.48. The van der Waals surface area contributed by atoms with Gasteiger partial charge >= 0.3 is 0 Å². The van der Waals surface area contributed by atoms with E-state index in [1.54, 1.807) is 19.3 Å². The smallest absolute Gasteiger partial charge is 0.261 e. The predicted molar refractivity (Wildman–Crippen MR) is 69.3 cm³/mol. The van der Waals surface area contributed by atoms with Crippen LogP contribution in [-0.4, -0.2) is 33.1 Å². The molecule has 0 aliphatic carbocycles. The molecule has 1 amide bonds. The number of hydrogen-bond acceptors (Lipinski definition) is 6. The second-order valence-corrected chi connectivity index (χ2v) is 4.14. The molecule has 0 radical (unpaired) electrons. The maximum absolute atomic E-state index is 12.0. The molecule has 2 N–H and O–H groups in total. The molecule has 0 fully saturated rings. The third kappa shape index (κ3) is 2.77. The number of carbonyl (C=O) groups excluding carboxylic acids is 1. The van der Waals surface area contributed by atoms with Crippen molar-refractivity contribution in [3.8, 4) is 0 Å². The molecule has 2 heterocycles. The van der Waals surface area contributed by atoms with Crippen molar-refractivity contribution in [3.63, 3.8) is 0 Å². The molecule has 0 spiro atoms. The lowest BCUT2D eigenvalue weighted by atomic mass is 10.2. The van der Waals surface area contributed by atoms with Crippen molar-refractivity contribution in [3.05, 3.63) is 34.7 Å². The second-order valence-electron chi connectivity index (χ2n) is 3.22. The van der Waals surface area contributed by atoms with Crippen LogP contribution in [0.15, 0.2) is 29.1 Å². The lowest BCUT2D eigenvalue weighted by molar-refractivity contribution is 0.102. The normalized spacial score (nSPS) is 9.89. The number of halogens is 1. The zero-order valence-electron chi connectivity index (χ0n) is 9.38. The summed E-state index contributed by atoms with van der Waals surface area (Å²) in [4.78, 5) is 20.0. The van der Waals surface area contributed by atoms with Crippen LogP contribution in [0.5, 0.6) is 0 Å². The number of aromatic nitrogens is 4. The average molecular weight is 309 g/mol. The quantitative estimate of drug-likeness (QED) is 0.888. The maximum Gasteiger partial charge on any atom is 0.261 e. The summed E-state index contributed by atoms with van der Waals surface area (Å²) in [5.74, 6) is 0.255. The van der Waals surface area contributed by atoms with E-state index in [2.05, 4.69) is 46.7 Å². The zero-order chi connectivity index (χ0) is 13.0. The van der Waals surface area contributed by atoms with Gasteiger partial charge in [-0.1, -0.05) is 0 Å². The molecular formula is C10H9BrN6O. The molecule has 7 nitrogen and oxygen atoms in total.